The van der Waals surface area contributed by atoms with Crippen LogP contribution in [0, 0.1) is 0 Å². The van der Waals surface area contributed by atoms with Crippen LogP contribution in [0.5, 0.6) is 5.75 Å². The van der Waals surface area contributed by atoms with Gasteiger partial charge in [0, 0.05) is 24.5 Å². The number of fused-ring (bicyclic) bond motifs is 2. The van der Waals surface area contributed by atoms with Crippen LogP contribution in [-0.4, -0.2) is 42.4 Å². The van der Waals surface area contributed by atoms with Crippen LogP contribution in [-0.2, 0) is 27.4 Å². The Kier molecular flexibility index (Phi) is 7.33. The SMILES string of the molecule is CC(=O)OCCOc1ccc(C(=O)N2CC(=O)N(Cc3cc4ccccc4o3)Cc3ccccc32)c(Cl)c1. The largest absolute Gasteiger partial charge is 0.490 e. The number of amides is 2. The van der Waals surface area contributed by atoms with Crippen molar-refractivity contribution in [2.75, 3.05) is 24.7 Å². The fourth-order valence-corrected chi connectivity index (χ4v) is 4.65. The molecular formula is C29H25ClN2O6. The summed E-state index contributed by atoms with van der Waals surface area (Å²) in [5.41, 5.74) is 2.49. The topological polar surface area (TPSA) is 89.3 Å². The number of rotatable bonds is 7. The summed E-state index contributed by atoms with van der Waals surface area (Å²) in [6.45, 7) is 2.04. The summed E-state index contributed by atoms with van der Waals surface area (Å²) in [7, 11) is 0. The van der Waals surface area contributed by atoms with Gasteiger partial charge in [-0.1, -0.05) is 48.0 Å². The number of para-hydroxylation sites is 2. The molecule has 2 amide bonds. The summed E-state index contributed by atoms with van der Waals surface area (Å²) < 4.78 is 16.3. The van der Waals surface area contributed by atoms with E-state index in [-0.39, 0.29) is 42.8 Å². The van der Waals surface area contributed by atoms with Crippen LogP contribution in [0.2, 0.25) is 5.02 Å². The summed E-state index contributed by atoms with van der Waals surface area (Å²) >= 11 is 6.47. The molecule has 2 heterocycles. The van der Waals surface area contributed by atoms with Crippen LogP contribution in [0.25, 0.3) is 11.0 Å². The van der Waals surface area contributed by atoms with E-state index in [1.165, 1.54) is 17.9 Å². The molecule has 0 saturated heterocycles. The highest BCUT2D eigenvalue weighted by Crippen LogP contribution is 2.31. The van der Waals surface area contributed by atoms with Crippen molar-refractivity contribution in [2.45, 2.75) is 20.0 Å². The summed E-state index contributed by atoms with van der Waals surface area (Å²) in [4.78, 5) is 41.1. The standard InChI is InChI=1S/C29H25ClN2O6/c1-19(33)36-12-13-37-22-10-11-24(25(30)15-22)29(35)32-18-28(34)31(16-21-7-2-4-8-26(21)32)17-23-14-20-6-3-5-9-27(20)38-23/h2-11,14-15H,12-13,16-18H2,1H3. The van der Waals surface area contributed by atoms with E-state index in [1.54, 1.807) is 17.0 Å². The van der Waals surface area contributed by atoms with Gasteiger partial charge < -0.3 is 18.8 Å². The van der Waals surface area contributed by atoms with Crippen molar-refractivity contribution in [1.29, 1.82) is 0 Å². The third kappa shape index (κ3) is 5.50. The monoisotopic (exact) mass is 532 g/mol. The number of nitrogens with zero attached hydrogens (tertiary/aromatic N) is 2. The number of esters is 1. The molecule has 0 aliphatic carbocycles. The fourth-order valence-electron chi connectivity index (χ4n) is 4.40. The van der Waals surface area contributed by atoms with E-state index in [0.717, 1.165) is 16.5 Å². The minimum Gasteiger partial charge on any atom is -0.490 e. The van der Waals surface area contributed by atoms with Gasteiger partial charge in [0.25, 0.3) is 5.91 Å². The predicted octanol–water partition coefficient (Wildman–Crippen LogP) is 5.22. The molecular weight excluding hydrogens is 508 g/mol. The maximum absolute atomic E-state index is 13.7. The highest BCUT2D eigenvalue weighted by atomic mass is 35.5. The van der Waals surface area contributed by atoms with Crippen LogP contribution < -0.4 is 9.64 Å². The number of hydrogen-bond acceptors (Lipinski definition) is 6. The van der Waals surface area contributed by atoms with Crippen molar-refractivity contribution in [3.63, 3.8) is 0 Å². The molecule has 1 aliphatic heterocycles. The van der Waals surface area contributed by atoms with E-state index < -0.39 is 11.9 Å². The zero-order valence-electron chi connectivity index (χ0n) is 20.7. The van der Waals surface area contributed by atoms with Crippen molar-refractivity contribution in [3.8, 4) is 5.75 Å². The van der Waals surface area contributed by atoms with E-state index in [9.17, 15) is 14.4 Å². The van der Waals surface area contributed by atoms with Gasteiger partial charge in [-0.3, -0.25) is 19.3 Å². The second-order valence-corrected chi connectivity index (χ2v) is 9.26. The molecule has 38 heavy (non-hydrogen) atoms. The van der Waals surface area contributed by atoms with Gasteiger partial charge in [0.1, 0.15) is 36.9 Å². The Morgan fingerprint density at radius 2 is 1.76 bits per heavy atom. The van der Waals surface area contributed by atoms with Crippen molar-refractivity contribution in [1.82, 2.24) is 4.90 Å². The molecule has 0 unspecified atom stereocenters. The quantitative estimate of drug-likeness (QED) is 0.239. The maximum atomic E-state index is 13.7. The first-order valence-corrected chi connectivity index (χ1v) is 12.5. The summed E-state index contributed by atoms with van der Waals surface area (Å²) in [5.74, 6) is 0.104. The molecule has 0 radical (unpaired) electrons. The molecule has 0 spiro atoms. The molecule has 1 aliphatic rings. The molecule has 0 atom stereocenters. The predicted molar refractivity (Wildman–Crippen MR) is 142 cm³/mol. The first kappa shape index (κ1) is 25.4. The third-order valence-corrected chi connectivity index (χ3v) is 6.50. The first-order valence-electron chi connectivity index (χ1n) is 12.1. The second kappa shape index (κ2) is 11.0. The lowest BCUT2D eigenvalue weighted by Crippen LogP contribution is -2.40. The molecule has 5 rings (SSSR count). The molecule has 3 aromatic carbocycles. The average Bonchev–Trinajstić information content (AvgIpc) is 3.25. The third-order valence-electron chi connectivity index (χ3n) is 6.19. The molecule has 9 heteroatoms. The average molecular weight is 533 g/mol. The lowest BCUT2D eigenvalue weighted by molar-refractivity contribution is -0.141. The van der Waals surface area contributed by atoms with Crippen molar-refractivity contribution >= 4 is 46.0 Å². The van der Waals surface area contributed by atoms with Gasteiger partial charge >= 0.3 is 5.97 Å². The Bertz CT molecular complexity index is 1480. The zero-order chi connectivity index (χ0) is 26.6. The Balaban J connectivity index is 1.36. The molecule has 0 bridgehead atoms. The van der Waals surface area contributed by atoms with Gasteiger partial charge in [-0.25, -0.2) is 0 Å². The molecule has 4 aromatic rings. The second-order valence-electron chi connectivity index (χ2n) is 8.85. The van der Waals surface area contributed by atoms with Crippen molar-refractivity contribution < 1.29 is 28.3 Å². The number of carbonyl (C=O) groups is 3. The number of anilines is 1. The smallest absolute Gasteiger partial charge is 0.302 e. The Hall–Kier alpha value is -4.30. The van der Waals surface area contributed by atoms with Gasteiger partial charge in [-0.05, 0) is 42.0 Å². The molecule has 0 saturated carbocycles. The van der Waals surface area contributed by atoms with Gasteiger partial charge in [0.2, 0.25) is 5.91 Å². The van der Waals surface area contributed by atoms with E-state index in [4.69, 9.17) is 25.5 Å². The summed E-state index contributed by atoms with van der Waals surface area (Å²) in [6, 6.07) is 21.8. The van der Waals surface area contributed by atoms with Crippen LogP contribution in [0.4, 0.5) is 5.69 Å². The van der Waals surface area contributed by atoms with Crippen molar-refractivity contribution in [2.24, 2.45) is 0 Å². The number of halogens is 1. The highest BCUT2D eigenvalue weighted by Gasteiger charge is 2.31. The van der Waals surface area contributed by atoms with E-state index in [0.29, 0.717) is 23.7 Å². The Morgan fingerprint density at radius 3 is 2.55 bits per heavy atom. The number of benzene rings is 3. The Morgan fingerprint density at radius 1 is 0.974 bits per heavy atom. The summed E-state index contributed by atoms with van der Waals surface area (Å²) in [6.07, 6.45) is 0. The van der Waals surface area contributed by atoms with Gasteiger partial charge in [-0.2, -0.15) is 0 Å². The molecule has 1 aromatic heterocycles. The van der Waals surface area contributed by atoms with Crippen LogP contribution in [0.1, 0.15) is 28.6 Å². The fraction of sp³-hybridized carbons (Fsp3) is 0.207. The van der Waals surface area contributed by atoms with Gasteiger partial charge in [-0.15, -0.1) is 0 Å². The number of hydrogen-bond donors (Lipinski definition) is 0. The van der Waals surface area contributed by atoms with E-state index in [1.807, 2.05) is 54.6 Å². The maximum Gasteiger partial charge on any atom is 0.302 e. The number of carbonyl (C=O) groups excluding carboxylic acids is 3. The van der Waals surface area contributed by atoms with Crippen LogP contribution >= 0.6 is 11.6 Å². The van der Waals surface area contributed by atoms with E-state index in [2.05, 4.69) is 0 Å². The van der Waals surface area contributed by atoms with Gasteiger partial charge in [0.05, 0.1) is 17.1 Å². The molecule has 8 nitrogen and oxygen atoms in total. The summed E-state index contributed by atoms with van der Waals surface area (Å²) in [5, 5.41) is 1.16. The molecule has 0 fully saturated rings. The van der Waals surface area contributed by atoms with E-state index >= 15 is 0 Å². The number of furan rings is 1. The Labute approximate surface area is 224 Å². The normalized spacial score (nSPS) is 13.3. The highest BCUT2D eigenvalue weighted by molar-refractivity contribution is 6.34. The lowest BCUT2D eigenvalue weighted by Gasteiger charge is -2.23. The van der Waals surface area contributed by atoms with Crippen molar-refractivity contribution in [3.05, 3.63) is 94.7 Å². The first-order chi connectivity index (χ1) is 18.4. The van der Waals surface area contributed by atoms with Crippen LogP contribution in [0.3, 0.4) is 0 Å². The lowest BCUT2D eigenvalue weighted by atomic mass is 10.1. The minimum absolute atomic E-state index is 0.102. The molecule has 0 N–H and O–H groups in total. The minimum atomic E-state index is -0.396. The molecule has 194 valence electrons. The van der Waals surface area contributed by atoms with Gasteiger partial charge in [0.15, 0.2) is 0 Å². The number of ether oxygens (including phenoxy) is 2. The zero-order valence-corrected chi connectivity index (χ0v) is 21.4. The van der Waals surface area contributed by atoms with Crippen LogP contribution in [0.15, 0.2) is 77.2 Å².